The number of hydrogen-bond donors (Lipinski definition) is 2. The lowest BCUT2D eigenvalue weighted by molar-refractivity contribution is -0.126. The van der Waals surface area contributed by atoms with E-state index in [1.807, 2.05) is 19.1 Å². The highest BCUT2D eigenvalue weighted by molar-refractivity contribution is 8.01. The fourth-order valence-electron chi connectivity index (χ4n) is 5.16. The molecule has 4 amide bonds. The fourth-order valence-corrected chi connectivity index (χ4v) is 6.40. The maximum atomic E-state index is 13.5. The third-order valence-corrected chi connectivity index (χ3v) is 8.25. The Morgan fingerprint density at radius 3 is 2.87 bits per heavy atom. The SMILES string of the molecule is C=CC(=O)N1CCC(NC(=O)[C@@H]2Sc3nccc4c3C2NC(=O)N4c2ccc(Oc3cccnn3)cc2C)C1. The molecule has 39 heavy (non-hydrogen) atoms. The van der Waals surface area contributed by atoms with Gasteiger partial charge in [0.15, 0.2) is 0 Å². The summed E-state index contributed by atoms with van der Waals surface area (Å²) in [5.41, 5.74) is 3.00. The van der Waals surface area contributed by atoms with Gasteiger partial charge in [-0.15, -0.1) is 5.10 Å². The van der Waals surface area contributed by atoms with Crippen molar-refractivity contribution in [3.05, 3.63) is 72.6 Å². The molecular weight excluding hydrogens is 518 g/mol. The van der Waals surface area contributed by atoms with Crippen LogP contribution in [0.15, 0.2) is 66.5 Å². The van der Waals surface area contributed by atoms with E-state index in [4.69, 9.17) is 4.74 Å². The van der Waals surface area contributed by atoms with Gasteiger partial charge in [0, 0.05) is 43.2 Å². The number of carbonyl (C=O) groups excluding carboxylic acids is 3. The molecule has 0 radical (unpaired) electrons. The normalized spacial score (nSPS) is 21.3. The second-order valence-electron chi connectivity index (χ2n) is 9.44. The summed E-state index contributed by atoms with van der Waals surface area (Å²) in [6.07, 6.45) is 5.17. The van der Waals surface area contributed by atoms with Crippen molar-refractivity contribution in [2.75, 3.05) is 18.0 Å². The van der Waals surface area contributed by atoms with E-state index in [-0.39, 0.29) is 23.9 Å². The minimum Gasteiger partial charge on any atom is -0.438 e. The van der Waals surface area contributed by atoms with Gasteiger partial charge in [-0.3, -0.25) is 14.5 Å². The molecule has 5 heterocycles. The topological polar surface area (TPSA) is 130 Å². The highest BCUT2D eigenvalue weighted by atomic mass is 32.2. The zero-order valence-corrected chi connectivity index (χ0v) is 21.9. The first kappa shape index (κ1) is 24.9. The van der Waals surface area contributed by atoms with Crippen LogP contribution in [0.2, 0.25) is 0 Å². The van der Waals surface area contributed by atoms with E-state index in [1.165, 1.54) is 17.8 Å². The van der Waals surface area contributed by atoms with Crippen molar-refractivity contribution in [3.8, 4) is 11.6 Å². The molecule has 1 saturated heterocycles. The number of thioether (sulfide) groups is 1. The van der Waals surface area contributed by atoms with Crippen molar-refractivity contribution in [1.29, 1.82) is 0 Å². The first-order valence-electron chi connectivity index (χ1n) is 12.5. The number of anilines is 2. The van der Waals surface area contributed by atoms with Crippen LogP contribution >= 0.6 is 11.8 Å². The minimum absolute atomic E-state index is 0.147. The number of ether oxygens (including phenoxy) is 1. The maximum absolute atomic E-state index is 13.5. The van der Waals surface area contributed by atoms with Crippen molar-refractivity contribution in [2.45, 2.75) is 35.7 Å². The average Bonchev–Trinajstić information content (AvgIpc) is 3.55. The van der Waals surface area contributed by atoms with Crippen LogP contribution in [0, 0.1) is 6.92 Å². The number of nitrogens with zero attached hydrogens (tertiary/aromatic N) is 5. The third kappa shape index (κ3) is 4.56. The highest BCUT2D eigenvalue weighted by Gasteiger charge is 2.47. The summed E-state index contributed by atoms with van der Waals surface area (Å²) in [4.78, 5) is 46.5. The van der Waals surface area contributed by atoms with Gasteiger partial charge in [-0.1, -0.05) is 18.3 Å². The number of hydrogen-bond acceptors (Lipinski definition) is 8. The number of amides is 4. The number of likely N-dealkylation sites (tertiary alicyclic amines) is 1. The first-order valence-corrected chi connectivity index (χ1v) is 13.3. The van der Waals surface area contributed by atoms with Crippen LogP contribution in [0.4, 0.5) is 16.2 Å². The van der Waals surface area contributed by atoms with Crippen LogP contribution in [0.1, 0.15) is 23.6 Å². The lowest BCUT2D eigenvalue weighted by Crippen LogP contribution is -2.50. The molecule has 2 aromatic heterocycles. The van der Waals surface area contributed by atoms with Crippen molar-refractivity contribution in [1.82, 2.24) is 30.7 Å². The lowest BCUT2D eigenvalue weighted by Gasteiger charge is -2.35. The van der Waals surface area contributed by atoms with E-state index in [0.717, 1.165) is 11.1 Å². The molecule has 3 aliphatic rings. The van der Waals surface area contributed by atoms with Crippen molar-refractivity contribution < 1.29 is 19.1 Å². The van der Waals surface area contributed by atoms with Gasteiger partial charge >= 0.3 is 6.03 Å². The Bertz CT molecular complexity index is 1480. The Hall–Kier alpha value is -4.45. The number of carbonyl (C=O) groups is 3. The van der Waals surface area contributed by atoms with Gasteiger partial charge in [0.05, 0.1) is 17.4 Å². The number of pyridine rings is 1. The van der Waals surface area contributed by atoms with Crippen LogP contribution in [0.3, 0.4) is 0 Å². The molecule has 11 nitrogen and oxygen atoms in total. The van der Waals surface area contributed by atoms with E-state index in [1.54, 1.807) is 46.5 Å². The monoisotopic (exact) mass is 543 g/mol. The summed E-state index contributed by atoms with van der Waals surface area (Å²) in [6.45, 7) is 6.43. The Labute approximate surface area is 228 Å². The van der Waals surface area contributed by atoms with Gasteiger partial charge in [-0.25, -0.2) is 9.78 Å². The first-order chi connectivity index (χ1) is 18.9. The zero-order chi connectivity index (χ0) is 27.1. The quantitative estimate of drug-likeness (QED) is 0.454. The molecule has 1 fully saturated rings. The summed E-state index contributed by atoms with van der Waals surface area (Å²) in [7, 11) is 0. The van der Waals surface area contributed by atoms with Crippen LogP contribution in [0.25, 0.3) is 0 Å². The molecule has 0 bridgehead atoms. The number of aromatic nitrogens is 3. The second-order valence-corrected chi connectivity index (χ2v) is 10.6. The van der Waals surface area contributed by atoms with E-state index in [0.29, 0.717) is 47.5 Å². The summed E-state index contributed by atoms with van der Waals surface area (Å²) < 4.78 is 5.79. The second kappa shape index (κ2) is 10.0. The zero-order valence-electron chi connectivity index (χ0n) is 21.0. The molecule has 2 N–H and O–H groups in total. The summed E-state index contributed by atoms with van der Waals surface area (Å²) >= 11 is 1.34. The van der Waals surface area contributed by atoms with E-state index >= 15 is 0 Å². The molecule has 0 saturated carbocycles. The van der Waals surface area contributed by atoms with Crippen LogP contribution < -0.4 is 20.3 Å². The van der Waals surface area contributed by atoms with E-state index < -0.39 is 11.3 Å². The number of urea groups is 1. The van der Waals surface area contributed by atoms with Crippen LogP contribution in [-0.4, -0.2) is 62.3 Å². The lowest BCUT2D eigenvalue weighted by atomic mass is 9.99. The number of aryl methyl sites for hydroxylation is 1. The highest BCUT2D eigenvalue weighted by Crippen LogP contribution is 2.51. The standard InChI is InChI=1S/C27H25N7O4S/c1-3-21(35)33-12-9-16(14-33)30-25(36)24-23-22-19(8-11-28-26(22)39-24)34(27(37)31-23)18-7-6-17(13-15(18)2)38-20-5-4-10-29-32-20/h3-8,10-11,13,16,23-24H,1,9,12,14H2,2H3,(H,30,36)(H,31,37)/t16?,23?,24-/m1/s1. The van der Waals surface area contributed by atoms with Crippen LogP contribution in [-0.2, 0) is 9.59 Å². The fraction of sp³-hybridized carbons (Fsp3) is 0.259. The van der Waals surface area contributed by atoms with Gasteiger partial charge in [0.1, 0.15) is 16.0 Å². The number of benzene rings is 1. The molecule has 0 aliphatic carbocycles. The summed E-state index contributed by atoms with van der Waals surface area (Å²) in [5, 5.41) is 14.0. The molecule has 3 aliphatic heterocycles. The molecule has 0 spiro atoms. The molecule has 198 valence electrons. The van der Waals surface area contributed by atoms with Gasteiger partial charge in [0.2, 0.25) is 17.7 Å². The van der Waals surface area contributed by atoms with E-state index in [9.17, 15) is 14.4 Å². The molecule has 3 aromatic rings. The molecule has 2 unspecified atom stereocenters. The van der Waals surface area contributed by atoms with Crippen molar-refractivity contribution in [3.63, 3.8) is 0 Å². The summed E-state index contributed by atoms with van der Waals surface area (Å²) in [6, 6.07) is 9.65. The predicted molar refractivity (Wildman–Crippen MR) is 144 cm³/mol. The van der Waals surface area contributed by atoms with Crippen molar-refractivity contribution >= 4 is 41.0 Å². The average molecular weight is 544 g/mol. The van der Waals surface area contributed by atoms with Crippen molar-refractivity contribution in [2.24, 2.45) is 0 Å². The minimum atomic E-state index is -0.576. The molecule has 12 heteroatoms. The molecular formula is C27H25N7O4S. The predicted octanol–water partition coefficient (Wildman–Crippen LogP) is 3.25. The molecule has 3 atom stereocenters. The Balaban J connectivity index is 1.23. The van der Waals surface area contributed by atoms with Gasteiger partial charge < -0.3 is 20.3 Å². The molecule has 6 rings (SSSR count). The smallest absolute Gasteiger partial charge is 0.327 e. The maximum Gasteiger partial charge on any atom is 0.327 e. The van der Waals surface area contributed by atoms with Gasteiger partial charge in [-0.05, 0) is 55.3 Å². The Morgan fingerprint density at radius 2 is 2.10 bits per heavy atom. The van der Waals surface area contributed by atoms with E-state index in [2.05, 4.69) is 32.4 Å². The van der Waals surface area contributed by atoms with Crippen LogP contribution in [0.5, 0.6) is 11.6 Å². The number of rotatable bonds is 6. The van der Waals surface area contributed by atoms with Gasteiger partial charge in [0.25, 0.3) is 0 Å². The Kier molecular flexibility index (Phi) is 6.39. The summed E-state index contributed by atoms with van der Waals surface area (Å²) in [5.74, 6) is 0.600. The van der Waals surface area contributed by atoms with Gasteiger partial charge in [-0.2, -0.15) is 5.10 Å². The molecule has 1 aromatic carbocycles. The largest absolute Gasteiger partial charge is 0.438 e. The third-order valence-electron chi connectivity index (χ3n) is 6.96. The Morgan fingerprint density at radius 1 is 1.23 bits per heavy atom. The number of nitrogens with one attached hydrogen (secondary N) is 2.